The van der Waals surface area contributed by atoms with Crippen LogP contribution in [-0.2, 0) is 33.2 Å². The van der Waals surface area contributed by atoms with Crippen molar-refractivity contribution in [1.82, 2.24) is 0 Å². The molecular weight excluding hydrogens is 688 g/mol. The lowest BCUT2D eigenvalue weighted by atomic mass is 9.71. The number of esters is 1. The van der Waals surface area contributed by atoms with Gasteiger partial charge in [-0.05, 0) is 55.2 Å². The SMILES string of the molecule is CCC(C)C1OC2(CCC1C)CC1CC(CC=C(C)C(OC3OC(CO)C(O)C(O)C3O)C(C)C=CC=C3COC4C(O)C(C)=CC(C(=O)O1)C34O)O2. The summed E-state index contributed by atoms with van der Waals surface area (Å²) in [4.78, 5) is 14.2. The third kappa shape index (κ3) is 7.86. The van der Waals surface area contributed by atoms with Crippen molar-refractivity contribution < 1.29 is 63.9 Å². The van der Waals surface area contributed by atoms with Crippen molar-refractivity contribution in [3.63, 3.8) is 0 Å². The molecule has 5 heterocycles. The van der Waals surface area contributed by atoms with E-state index in [1.54, 1.807) is 25.2 Å². The highest BCUT2D eigenvalue weighted by Gasteiger charge is 2.60. The van der Waals surface area contributed by atoms with E-state index < -0.39 is 91.1 Å². The Bertz CT molecular complexity index is 1440. The minimum atomic E-state index is -1.87. The molecule has 6 rings (SSSR count). The summed E-state index contributed by atoms with van der Waals surface area (Å²) >= 11 is 0. The van der Waals surface area contributed by atoms with E-state index in [9.17, 15) is 35.4 Å². The third-order valence-corrected chi connectivity index (χ3v) is 12.6. The van der Waals surface area contributed by atoms with E-state index in [1.165, 1.54) is 0 Å². The molecule has 0 radical (unpaired) electrons. The quantitative estimate of drug-likeness (QED) is 0.178. The van der Waals surface area contributed by atoms with Crippen molar-refractivity contribution in [3.05, 3.63) is 47.1 Å². The van der Waals surface area contributed by atoms with Crippen LogP contribution in [0, 0.1) is 23.7 Å². The van der Waals surface area contributed by atoms with Crippen LogP contribution >= 0.6 is 0 Å². The molecular formula is C40H60O13. The number of hydrogen-bond acceptors (Lipinski definition) is 13. The number of carbonyl (C=O) groups excluding carboxylic acids is 1. The van der Waals surface area contributed by atoms with Gasteiger partial charge in [-0.1, -0.05) is 64.5 Å². The molecule has 17 unspecified atom stereocenters. The Hall–Kier alpha value is -2.01. The number of aliphatic hydroxyl groups is 6. The second-order valence-electron chi connectivity index (χ2n) is 16.4. The van der Waals surface area contributed by atoms with Gasteiger partial charge in [-0.15, -0.1) is 0 Å². The maximum atomic E-state index is 14.2. The fraction of sp³-hybridized carbons (Fsp3) is 0.775. The van der Waals surface area contributed by atoms with E-state index in [-0.39, 0.29) is 24.5 Å². The summed E-state index contributed by atoms with van der Waals surface area (Å²) < 4.78 is 38.1. The van der Waals surface area contributed by atoms with Crippen LogP contribution in [0.4, 0.5) is 0 Å². The molecule has 6 N–H and O–H groups in total. The highest BCUT2D eigenvalue weighted by Crippen LogP contribution is 2.48. The summed E-state index contributed by atoms with van der Waals surface area (Å²) in [5.74, 6) is -2.49. The van der Waals surface area contributed by atoms with Gasteiger partial charge in [-0.2, -0.15) is 0 Å². The van der Waals surface area contributed by atoms with Crippen LogP contribution in [0.25, 0.3) is 0 Å². The number of ether oxygens (including phenoxy) is 6. The van der Waals surface area contributed by atoms with Crippen LogP contribution in [0.3, 0.4) is 0 Å². The normalized spacial score (nSPS) is 47.2. The Morgan fingerprint density at radius 3 is 2.51 bits per heavy atom. The molecule has 1 spiro atoms. The van der Waals surface area contributed by atoms with Crippen LogP contribution in [0.15, 0.2) is 47.1 Å². The van der Waals surface area contributed by atoms with Gasteiger partial charge in [0.15, 0.2) is 12.1 Å². The number of fused-ring (bicyclic) bond motifs is 2. The van der Waals surface area contributed by atoms with Crippen molar-refractivity contribution in [2.45, 2.75) is 159 Å². The molecule has 6 aliphatic rings. The van der Waals surface area contributed by atoms with Gasteiger partial charge in [-0.25, -0.2) is 0 Å². The number of aliphatic hydroxyl groups excluding tert-OH is 5. The lowest BCUT2D eigenvalue weighted by Gasteiger charge is -2.51. The molecule has 0 aromatic carbocycles. The van der Waals surface area contributed by atoms with E-state index in [1.807, 2.05) is 26.0 Å². The highest BCUT2D eigenvalue weighted by molar-refractivity contribution is 5.78. The van der Waals surface area contributed by atoms with Gasteiger partial charge in [0.2, 0.25) is 0 Å². The monoisotopic (exact) mass is 748 g/mol. The van der Waals surface area contributed by atoms with Crippen molar-refractivity contribution in [2.75, 3.05) is 13.2 Å². The van der Waals surface area contributed by atoms with E-state index in [0.29, 0.717) is 42.7 Å². The van der Waals surface area contributed by atoms with Gasteiger partial charge in [-0.3, -0.25) is 4.79 Å². The van der Waals surface area contributed by atoms with Crippen LogP contribution in [0.2, 0.25) is 0 Å². The van der Waals surface area contributed by atoms with Gasteiger partial charge in [0.1, 0.15) is 54.2 Å². The van der Waals surface area contributed by atoms with E-state index in [4.69, 9.17) is 28.4 Å². The first-order valence-corrected chi connectivity index (χ1v) is 19.4. The maximum absolute atomic E-state index is 14.2. The van der Waals surface area contributed by atoms with Crippen molar-refractivity contribution in [3.8, 4) is 0 Å². The minimum Gasteiger partial charge on any atom is -0.462 e. The van der Waals surface area contributed by atoms with Gasteiger partial charge < -0.3 is 59.1 Å². The molecule has 17 atom stereocenters. The summed E-state index contributed by atoms with van der Waals surface area (Å²) in [6, 6.07) is 0. The smallest absolute Gasteiger partial charge is 0.316 e. The number of hydrogen-bond donors (Lipinski definition) is 6. The molecule has 4 fully saturated rings. The minimum absolute atomic E-state index is 0.0168. The summed E-state index contributed by atoms with van der Waals surface area (Å²) in [7, 11) is 0. The fourth-order valence-corrected chi connectivity index (χ4v) is 9.10. The van der Waals surface area contributed by atoms with Gasteiger partial charge in [0.25, 0.3) is 0 Å². The predicted molar refractivity (Wildman–Crippen MR) is 191 cm³/mol. The zero-order valence-electron chi connectivity index (χ0n) is 31.7. The molecule has 1 aliphatic carbocycles. The van der Waals surface area contributed by atoms with Crippen LogP contribution in [0.5, 0.6) is 0 Å². The average molecular weight is 749 g/mol. The lowest BCUT2D eigenvalue weighted by Crippen LogP contribution is -2.60. The van der Waals surface area contributed by atoms with E-state index in [0.717, 1.165) is 18.4 Å². The molecule has 298 valence electrons. The Kier molecular flexibility index (Phi) is 12.4. The Morgan fingerprint density at radius 1 is 1.04 bits per heavy atom. The summed E-state index contributed by atoms with van der Waals surface area (Å²) in [5.41, 5.74) is -0.185. The van der Waals surface area contributed by atoms with Crippen LogP contribution in [-0.4, -0.2) is 129 Å². The average Bonchev–Trinajstić information content (AvgIpc) is 3.47. The van der Waals surface area contributed by atoms with Crippen molar-refractivity contribution in [1.29, 1.82) is 0 Å². The molecule has 0 saturated carbocycles. The Morgan fingerprint density at radius 2 is 1.79 bits per heavy atom. The van der Waals surface area contributed by atoms with Gasteiger partial charge in [0, 0.05) is 25.2 Å². The Balaban J connectivity index is 1.39. The largest absolute Gasteiger partial charge is 0.462 e. The lowest BCUT2D eigenvalue weighted by molar-refractivity contribution is -0.340. The first kappa shape index (κ1) is 40.6. The van der Waals surface area contributed by atoms with E-state index in [2.05, 4.69) is 20.8 Å². The molecule has 4 saturated heterocycles. The maximum Gasteiger partial charge on any atom is 0.316 e. The zero-order valence-corrected chi connectivity index (χ0v) is 31.7. The Labute approximate surface area is 312 Å². The second kappa shape index (κ2) is 16.2. The summed E-state index contributed by atoms with van der Waals surface area (Å²) in [5, 5.41) is 64.9. The molecule has 2 bridgehead atoms. The summed E-state index contributed by atoms with van der Waals surface area (Å²) in [6.45, 7) is 11.4. The molecule has 0 aromatic rings. The van der Waals surface area contributed by atoms with Crippen LogP contribution in [0.1, 0.15) is 80.1 Å². The third-order valence-electron chi connectivity index (χ3n) is 12.6. The number of allylic oxidation sites excluding steroid dienone is 2. The van der Waals surface area contributed by atoms with E-state index >= 15 is 0 Å². The zero-order chi connectivity index (χ0) is 38.4. The first-order chi connectivity index (χ1) is 25.1. The first-order valence-electron chi connectivity index (χ1n) is 19.4. The molecule has 0 amide bonds. The number of rotatable bonds is 5. The molecule has 5 aliphatic heterocycles. The topological polar surface area (TPSA) is 194 Å². The summed E-state index contributed by atoms with van der Waals surface area (Å²) in [6.07, 6.45) is 1.19. The highest BCUT2D eigenvalue weighted by atomic mass is 16.7. The van der Waals surface area contributed by atoms with Crippen molar-refractivity contribution >= 4 is 5.97 Å². The van der Waals surface area contributed by atoms with Gasteiger partial charge >= 0.3 is 5.97 Å². The fourth-order valence-electron chi connectivity index (χ4n) is 9.10. The second-order valence-corrected chi connectivity index (χ2v) is 16.4. The molecule has 13 nitrogen and oxygen atoms in total. The van der Waals surface area contributed by atoms with Crippen molar-refractivity contribution in [2.24, 2.45) is 23.7 Å². The molecule has 53 heavy (non-hydrogen) atoms. The molecule has 13 heteroatoms. The van der Waals surface area contributed by atoms with Crippen LogP contribution < -0.4 is 0 Å². The predicted octanol–water partition coefficient (Wildman–Crippen LogP) is 2.36. The number of carbonyl (C=O) groups is 1. The van der Waals surface area contributed by atoms with Gasteiger partial charge in [0.05, 0.1) is 31.5 Å². The molecule has 0 aromatic heterocycles. The standard InChI is InChI=1S/C40H60O13/c1-7-20(2)35-23(5)13-14-39(53-35)17-27-16-26(52-39)12-11-22(4)34(51-38-33(45)32(44)31(43)29(18-41)50-38)21(3)9-8-10-25-19-48-36-30(42)24(6)15-28(37(46)49-27)40(25,36)47/h8-11,15,20-21,23,26-36,38,41-45,47H,7,12-14,16-19H2,1-6H3.